The van der Waals surface area contributed by atoms with Gasteiger partial charge in [-0.15, -0.1) is 0 Å². The highest BCUT2D eigenvalue weighted by molar-refractivity contribution is 6.07. The minimum atomic E-state index is -0.148. The number of hydrogen-bond donors (Lipinski definition) is 0. The zero-order valence-corrected chi connectivity index (χ0v) is 10.4. The van der Waals surface area contributed by atoms with E-state index in [1.54, 1.807) is 23.1 Å². The van der Waals surface area contributed by atoms with E-state index in [1.165, 1.54) is 6.26 Å². The van der Waals surface area contributed by atoms with Gasteiger partial charge >= 0.3 is 0 Å². The van der Waals surface area contributed by atoms with E-state index in [-0.39, 0.29) is 5.78 Å². The van der Waals surface area contributed by atoms with Gasteiger partial charge in [-0.05, 0) is 30.7 Å². The third-order valence-corrected chi connectivity index (χ3v) is 2.93. The van der Waals surface area contributed by atoms with E-state index >= 15 is 0 Å². The molecule has 0 aliphatic rings. The Morgan fingerprint density at radius 1 is 1.21 bits per heavy atom. The molecule has 0 N–H and O–H groups in total. The van der Waals surface area contributed by atoms with Crippen molar-refractivity contribution in [3.8, 4) is 5.69 Å². The second-order valence-electron chi connectivity index (χ2n) is 4.27. The van der Waals surface area contributed by atoms with Crippen LogP contribution in [0.2, 0.25) is 0 Å². The minimum Gasteiger partial charge on any atom is -0.461 e. The molecule has 0 aliphatic carbocycles. The Morgan fingerprint density at radius 3 is 2.68 bits per heavy atom. The molecule has 0 amide bonds. The topological polar surface area (TPSA) is 48.0 Å². The lowest BCUT2D eigenvalue weighted by Crippen LogP contribution is -2.00. The molecule has 4 heteroatoms. The van der Waals surface area contributed by atoms with Crippen molar-refractivity contribution in [1.82, 2.24) is 9.78 Å². The number of carbonyl (C=O) groups excluding carboxylic acids is 1. The molecular formula is C15H12N2O2. The van der Waals surface area contributed by atoms with Gasteiger partial charge in [0.1, 0.15) is 0 Å². The Hall–Kier alpha value is -2.62. The maximum atomic E-state index is 12.2. The molecule has 0 saturated heterocycles. The number of ketones is 1. The lowest BCUT2D eigenvalue weighted by atomic mass is 10.1. The second kappa shape index (κ2) is 4.57. The molecule has 0 spiro atoms. The lowest BCUT2D eigenvalue weighted by molar-refractivity contribution is 0.101. The second-order valence-corrected chi connectivity index (χ2v) is 4.27. The minimum absolute atomic E-state index is 0.148. The van der Waals surface area contributed by atoms with Gasteiger partial charge in [0.2, 0.25) is 5.78 Å². The smallest absolute Gasteiger partial charge is 0.231 e. The van der Waals surface area contributed by atoms with E-state index in [2.05, 4.69) is 5.10 Å². The van der Waals surface area contributed by atoms with Gasteiger partial charge < -0.3 is 4.42 Å². The molecule has 0 fully saturated rings. The molecule has 0 bridgehead atoms. The number of nitrogens with zero attached hydrogens (tertiary/aromatic N) is 2. The van der Waals surface area contributed by atoms with E-state index in [4.69, 9.17) is 4.42 Å². The quantitative estimate of drug-likeness (QED) is 0.673. The van der Waals surface area contributed by atoms with Crippen molar-refractivity contribution in [3.63, 3.8) is 0 Å². The van der Waals surface area contributed by atoms with Crippen molar-refractivity contribution >= 4 is 5.78 Å². The molecule has 4 nitrogen and oxygen atoms in total. The normalized spacial score (nSPS) is 10.6. The molecule has 94 valence electrons. The summed E-state index contributed by atoms with van der Waals surface area (Å²) in [5.74, 6) is 0.220. The van der Waals surface area contributed by atoms with Crippen LogP contribution in [0.1, 0.15) is 21.7 Å². The Morgan fingerprint density at radius 2 is 2.00 bits per heavy atom. The summed E-state index contributed by atoms with van der Waals surface area (Å²) >= 11 is 0. The highest BCUT2D eigenvalue weighted by atomic mass is 16.3. The molecule has 0 atom stereocenters. The zero-order valence-electron chi connectivity index (χ0n) is 10.4. The molecule has 0 unspecified atom stereocenters. The molecule has 2 heterocycles. The average Bonchev–Trinajstić information content (AvgIpc) is 3.08. The van der Waals surface area contributed by atoms with Crippen molar-refractivity contribution in [2.45, 2.75) is 6.92 Å². The summed E-state index contributed by atoms with van der Waals surface area (Å²) in [6, 6.07) is 11.4. The van der Waals surface area contributed by atoms with Crippen molar-refractivity contribution < 1.29 is 9.21 Å². The van der Waals surface area contributed by atoms with Gasteiger partial charge in [-0.2, -0.15) is 5.10 Å². The summed E-state index contributed by atoms with van der Waals surface area (Å²) in [6.07, 6.45) is 4.78. The van der Waals surface area contributed by atoms with E-state index in [0.29, 0.717) is 11.3 Å². The third-order valence-electron chi connectivity index (χ3n) is 2.93. The maximum Gasteiger partial charge on any atom is 0.231 e. The van der Waals surface area contributed by atoms with Crippen molar-refractivity contribution in [2.75, 3.05) is 0 Å². The Bertz CT molecular complexity index is 711. The monoisotopic (exact) mass is 252 g/mol. The van der Waals surface area contributed by atoms with Crippen LogP contribution in [0.5, 0.6) is 0 Å². The highest BCUT2D eigenvalue weighted by Gasteiger charge is 2.17. The maximum absolute atomic E-state index is 12.2. The van der Waals surface area contributed by atoms with Crippen LogP contribution in [-0.4, -0.2) is 15.6 Å². The molecule has 2 aromatic heterocycles. The number of furan rings is 1. The van der Waals surface area contributed by atoms with Crippen molar-refractivity contribution in [1.29, 1.82) is 0 Å². The SMILES string of the molecule is Cc1ccoc1C(=O)c1cnn(-c2ccccc2)c1. The molecule has 0 aliphatic heterocycles. The van der Waals surface area contributed by atoms with Crippen LogP contribution in [-0.2, 0) is 0 Å². The van der Waals surface area contributed by atoms with Gasteiger partial charge in [0.25, 0.3) is 0 Å². The molecule has 0 radical (unpaired) electrons. The molecular weight excluding hydrogens is 240 g/mol. The van der Waals surface area contributed by atoms with E-state index < -0.39 is 0 Å². The zero-order chi connectivity index (χ0) is 13.2. The average molecular weight is 252 g/mol. The first kappa shape index (κ1) is 11.5. The summed E-state index contributed by atoms with van der Waals surface area (Å²) in [7, 11) is 0. The van der Waals surface area contributed by atoms with Gasteiger partial charge in [-0.1, -0.05) is 18.2 Å². The predicted octanol–water partition coefficient (Wildman–Crippen LogP) is 3.00. The number of para-hydroxylation sites is 1. The van der Waals surface area contributed by atoms with Crippen molar-refractivity contribution in [3.05, 3.63) is 71.9 Å². The number of carbonyl (C=O) groups is 1. The third kappa shape index (κ3) is 2.08. The first-order valence-corrected chi connectivity index (χ1v) is 5.94. The van der Waals surface area contributed by atoms with E-state index in [0.717, 1.165) is 11.3 Å². The first-order chi connectivity index (χ1) is 9.25. The van der Waals surface area contributed by atoms with Gasteiger partial charge in [0, 0.05) is 6.20 Å². The molecule has 19 heavy (non-hydrogen) atoms. The fourth-order valence-electron chi connectivity index (χ4n) is 1.90. The van der Waals surface area contributed by atoms with Crippen molar-refractivity contribution in [2.24, 2.45) is 0 Å². The summed E-state index contributed by atoms with van der Waals surface area (Å²) in [5, 5.41) is 4.20. The Balaban J connectivity index is 1.94. The molecule has 3 rings (SSSR count). The number of rotatable bonds is 3. The van der Waals surface area contributed by atoms with Gasteiger partial charge in [0.05, 0.1) is 23.7 Å². The van der Waals surface area contributed by atoms with Gasteiger partial charge in [-0.25, -0.2) is 4.68 Å². The van der Waals surface area contributed by atoms with Crippen LogP contribution >= 0.6 is 0 Å². The largest absolute Gasteiger partial charge is 0.461 e. The van der Waals surface area contributed by atoms with Crippen LogP contribution in [0.4, 0.5) is 0 Å². The number of hydrogen-bond acceptors (Lipinski definition) is 3. The molecule has 0 saturated carbocycles. The first-order valence-electron chi connectivity index (χ1n) is 5.94. The van der Waals surface area contributed by atoms with Crippen LogP contribution in [0.3, 0.4) is 0 Å². The van der Waals surface area contributed by atoms with Crippen LogP contribution in [0.15, 0.2) is 59.5 Å². The molecule has 1 aromatic carbocycles. The fraction of sp³-hybridized carbons (Fsp3) is 0.0667. The standard InChI is InChI=1S/C15H12N2O2/c1-11-7-8-19-15(11)14(18)12-9-16-17(10-12)13-5-3-2-4-6-13/h2-10H,1H3. The van der Waals surface area contributed by atoms with Crippen LogP contribution in [0, 0.1) is 6.92 Å². The van der Waals surface area contributed by atoms with Gasteiger partial charge in [0.15, 0.2) is 5.76 Å². The van der Waals surface area contributed by atoms with Gasteiger partial charge in [-0.3, -0.25) is 4.79 Å². The summed E-state index contributed by atoms with van der Waals surface area (Å²) in [4.78, 5) is 12.2. The highest BCUT2D eigenvalue weighted by Crippen LogP contribution is 2.15. The van der Waals surface area contributed by atoms with Crippen LogP contribution in [0.25, 0.3) is 5.69 Å². The number of aryl methyl sites for hydroxylation is 1. The lowest BCUT2D eigenvalue weighted by Gasteiger charge is -1.99. The fourth-order valence-corrected chi connectivity index (χ4v) is 1.90. The Labute approximate surface area is 110 Å². The Kier molecular flexibility index (Phi) is 2.76. The summed E-state index contributed by atoms with van der Waals surface area (Å²) in [5.41, 5.74) is 2.26. The van der Waals surface area contributed by atoms with E-state index in [9.17, 15) is 4.79 Å². The number of aromatic nitrogens is 2. The number of benzene rings is 1. The summed E-state index contributed by atoms with van der Waals surface area (Å²) in [6.45, 7) is 1.85. The molecule has 3 aromatic rings. The predicted molar refractivity (Wildman–Crippen MR) is 70.4 cm³/mol. The van der Waals surface area contributed by atoms with Crippen LogP contribution < -0.4 is 0 Å². The summed E-state index contributed by atoms with van der Waals surface area (Å²) < 4.78 is 6.88. The van der Waals surface area contributed by atoms with E-state index in [1.807, 2.05) is 37.3 Å².